The van der Waals surface area contributed by atoms with Crippen molar-refractivity contribution in [3.05, 3.63) is 40.4 Å². The highest BCUT2D eigenvalue weighted by molar-refractivity contribution is 7.89. The van der Waals surface area contributed by atoms with Crippen molar-refractivity contribution in [1.29, 1.82) is 0 Å². The molecule has 2 aliphatic rings. The molecule has 1 fully saturated rings. The van der Waals surface area contributed by atoms with E-state index >= 15 is 0 Å². The van der Waals surface area contributed by atoms with Gasteiger partial charge in [0.2, 0.25) is 15.9 Å². The van der Waals surface area contributed by atoms with Gasteiger partial charge >= 0.3 is 0 Å². The second-order valence-corrected chi connectivity index (χ2v) is 9.08. The predicted octanol–water partition coefficient (Wildman–Crippen LogP) is 3.18. The van der Waals surface area contributed by atoms with Gasteiger partial charge < -0.3 is 4.90 Å². The smallest absolute Gasteiger partial charge is 0.244 e. The van der Waals surface area contributed by atoms with Crippen molar-refractivity contribution in [2.45, 2.75) is 24.2 Å². The third-order valence-electron chi connectivity index (χ3n) is 4.65. The summed E-state index contributed by atoms with van der Waals surface area (Å²) in [5.41, 5.74) is 0. The number of halogens is 2. The molecule has 1 atom stereocenters. The van der Waals surface area contributed by atoms with E-state index in [-0.39, 0.29) is 28.9 Å². The molecule has 0 N–H and O–H groups in total. The van der Waals surface area contributed by atoms with Gasteiger partial charge in [0.25, 0.3) is 0 Å². The number of allylic oxidation sites excluding steroid dienone is 2. The highest BCUT2D eigenvalue weighted by atomic mass is 35.5. The molecule has 1 aliphatic heterocycles. The first-order valence-corrected chi connectivity index (χ1v) is 10.5. The summed E-state index contributed by atoms with van der Waals surface area (Å²) in [7, 11) is -3.72. The summed E-state index contributed by atoms with van der Waals surface area (Å²) >= 11 is 11.9. The molecule has 3 rings (SSSR count). The Labute approximate surface area is 158 Å². The SMILES string of the molecule is O=C(CC1C=CCC1)N1CCN(S(=O)(=O)c2cc(Cl)ccc2Cl)CC1. The minimum Gasteiger partial charge on any atom is -0.340 e. The Morgan fingerprint density at radius 3 is 2.52 bits per heavy atom. The molecule has 0 bridgehead atoms. The lowest BCUT2D eigenvalue weighted by atomic mass is 10.0. The van der Waals surface area contributed by atoms with Crippen LogP contribution in [0.1, 0.15) is 19.3 Å². The Morgan fingerprint density at radius 1 is 1.16 bits per heavy atom. The maximum atomic E-state index is 12.8. The first-order valence-electron chi connectivity index (χ1n) is 8.27. The first kappa shape index (κ1) is 18.7. The van der Waals surface area contributed by atoms with Gasteiger partial charge in [-0.3, -0.25) is 4.79 Å². The molecule has 1 unspecified atom stereocenters. The van der Waals surface area contributed by atoms with Gasteiger partial charge in [-0.15, -0.1) is 0 Å². The first-order chi connectivity index (χ1) is 11.9. The Hall–Kier alpha value is -1.08. The predicted molar refractivity (Wildman–Crippen MR) is 98.3 cm³/mol. The number of nitrogens with zero attached hydrogens (tertiary/aromatic N) is 2. The van der Waals surface area contributed by atoms with Crippen LogP contribution in [0.3, 0.4) is 0 Å². The molecule has 8 heteroatoms. The Bertz CT molecular complexity index is 787. The molecule has 5 nitrogen and oxygen atoms in total. The summed E-state index contributed by atoms with van der Waals surface area (Å²) in [5, 5.41) is 0.470. The number of rotatable bonds is 4. The normalized spacial score (nSPS) is 21.7. The van der Waals surface area contributed by atoms with Crippen LogP contribution in [0.25, 0.3) is 0 Å². The number of hydrogen-bond donors (Lipinski definition) is 0. The summed E-state index contributed by atoms with van der Waals surface area (Å²) < 4.78 is 26.9. The zero-order chi connectivity index (χ0) is 18.0. The highest BCUT2D eigenvalue weighted by Gasteiger charge is 2.32. The monoisotopic (exact) mass is 402 g/mol. The third kappa shape index (κ3) is 4.19. The molecule has 1 aliphatic carbocycles. The van der Waals surface area contributed by atoms with Gasteiger partial charge in [-0.1, -0.05) is 35.4 Å². The summed E-state index contributed by atoms with van der Waals surface area (Å²) in [4.78, 5) is 14.1. The maximum absolute atomic E-state index is 12.8. The molecule has 0 saturated carbocycles. The van der Waals surface area contributed by atoms with E-state index in [1.807, 2.05) is 0 Å². The van der Waals surface area contributed by atoms with Crippen LogP contribution in [0, 0.1) is 5.92 Å². The van der Waals surface area contributed by atoms with Crippen molar-refractivity contribution in [3.8, 4) is 0 Å². The van der Waals surface area contributed by atoms with Crippen molar-refractivity contribution < 1.29 is 13.2 Å². The van der Waals surface area contributed by atoms with Crippen LogP contribution in [0.5, 0.6) is 0 Å². The van der Waals surface area contributed by atoms with Gasteiger partial charge in [0, 0.05) is 37.6 Å². The van der Waals surface area contributed by atoms with Crippen LogP contribution in [-0.2, 0) is 14.8 Å². The van der Waals surface area contributed by atoms with Crippen LogP contribution in [-0.4, -0.2) is 49.7 Å². The van der Waals surface area contributed by atoms with Crippen LogP contribution in [0.4, 0.5) is 0 Å². The van der Waals surface area contributed by atoms with Crippen molar-refractivity contribution in [2.75, 3.05) is 26.2 Å². The Kier molecular flexibility index (Phi) is 5.73. The number of carbonyl (C=O) groups is 1. The van der Waals surface area contributed by atoms with Gasteiger partial charge in [0.15, 0.2) is 0 Å². The average molecular weight is 403 g/mol. The molecule has 0 spiro atoms. The fourth-order valence-electron chi connectivity index (χ4n) is 3.21. The third-order valence-corrected chi connectivity index (χ3v) is 7.27. The number of piperazine rings is 1. The van der Waals surface area contributed by atoms with E-state index in [0.29, 0.717) is 30.5 Å². The molecule has 25 heavy (non-hydrogen) atoms. The van der Waals surface area contributed by atoms with E-state index in [9.17, 15) is 13.2 Å². The van der Waals surface area contributed by atoms with E-state index in [2.05, 4.69) is 12.2 Å². The molecule has 1 aromatic carbocycles. The van der Waals surface area contributed by atoms with Gasteiger partial charge in [-0.25, -0.2) is 8.42 Å². The van der Waals surface area contributed by atoms with E-state index < -0.39 is 10.0 Å². The molecule has 1 saturated heterocycles. The van der Waals surface area contributed by atoms with E-state index in [1.165, 1.54) is 16.4 Å². The molecule has 1 heterocycles. The van der Waals surface area contributed by atoms with Crippen LogP contribution >= 0.6 is 23.2 Å². The molecule has 1 amide bonds. The average Bonchev–Trinajstić information content (AvgIpc) is 3.10. The van der Waals surface area contributed by atoms with Gasteiger partial charge in [-0.2, -0.15) is 4.31 Å². The lowest BCUT2D eigenvalue weighted by Gasteiger charge is -2.34. The maximum Gasteiger partial charge on any atom is 0.244 e. The molecular formula is C17H20Cl2N2O3S. The number of amides is 1. The highest BCUT2D eigenvalue weighted by Crippen LogP contribution is 2.28. The standard InChI is InChI=1S/C17H20Cl2N2O3S/c18-14-5-6-15(19)16(12-14)25(23,24)21-9-7-20(8-10-21)17(22)11-13-3-1-2-4-13/h1,3,5-6,12-13H,2,4,7-11H2. The summed E-state index contributed by atoms with van der Waals surface area (Å²) in [6.45, 7) is 1.31. The summed E-state index contributed by atoms with van der Waals surface area (Å²) in [6, 6.07) is 4.39. The Morgan fingerprint density at radius 2 is 1.88 bits per heavy atom. The largest absolute Gasteiger partial charge is 0.340 e. The topological polar surface area (TPSA) is 57.7 Å². The molecule has 0 aromatic heterocycles. The minimum atomic E-state index is -3.72. The van der Waals surface area contributed by atoms with Gasteiger partial charge in [0.1, 0.15) is 4.90 Å². The second-order valence-electron chi connectivity index (χ2n) is 6.33. The molecule has 0 radical (unpaired) electrons. The van der Waals surface area contributed by atoms with Crippen LogP contribution < -0.4 is 0 Å². The second kappa shape index (κ2) is 7.66. The number of benzene rings is 1. The number of hydrogen-bond acceptors (Lipinski definition) is 3. The summed E-state index contributed by atoms with van der Waals surface area (Å²) in [6.07, 6.45) is 6.76. The van der Waals surface area contributed by atoms with Crippen LogP contribution in [0.15, 0.2) is 35.2 Å². The minimum absolute atomic E-state index is 0.0116. The zero-order valence-electron chi connectivity index (χ0n) is 13.7. The lowest BCUT2D eigenvalue weighted by molar-refractivity contribution is -0.133. The fraction of sp³-hybridized carbons (Fsp3) is 0.471. The molecule has 1 aromatic rings. The van der Waals surface area contributed by atoms with Crippen molar-refractivity contribution >= 4 is 39.1 Å². The number of sulfonamides is 1. The van der Waals surface area contributed by atoms with Crippen molar-refractivity contribution in [3.63, 3.8) is 0 Å². The zero-order valence-corrected chi connectivity index (χ0v) is 16.0. The van der Waals surface area contributed by atoms with E-state index in [0.717, 1.165) is 12.8 Å². The quantitative estimate of drug-likeness (QED) is 0.726. The van der Waals surface area contributed by atoms with Crippen molar-refractivity contribution in [1.82, 2.24) is 9.21 Å². The van der Waals surface area contributed by atoms with Crippen LogP contribution in [0.2, 0.25) is 10.0 Å². The molecule has 136 valence electrons. The Balaban J connectivity index is 1.64. The molecular weight excluding hydrogens is 383 g/mol. The number of carbonyl (C=O) groups excluding carboxylic acids is 1. The summed E-state index contributed by atoms with van der Waals surface area (Å²) in [5.74, 6) is 0.411. The van der Waals surface area contributed by atoms with Crippen molar-refractivity contribution in [2.24, 2.45) is 5.92 Å². The van der Waals surface area contributed by atoms with E-state index in [1.54, 1.807) is 11.0 Å². The fourth-order valence-corrected chi connectivity index (χ4v) is 5.37. The van der Waals surface area contributed by atoms with E-state index in [4.69, 9.17) is 23.2 Å². The lowest BCUT2D eigenvalue weighted by Crippen LogP contribution is -2.50. The van der Waals surface area contributed by atoms with Gasteiger partial charge in [-0.05, 0) is 37.0 Å². The van der Waals surface area contributed by atoms with Gasteiger partial charge in [0.05, 0.1) is 5.02 Å².